The van der Waals surface area contributed by atoms with Gasteiger partial charge in [0.1, 0.15) is 5.82 Å². The van der Waals surface area contributed by atoms with Crippen LogP contribution in [0.2, 0.25) is 0 Å². The molecule has 0 amide bonds. The SMILES string of the molecule is CCN(CCNCCOC)c1cccc(F)c1. The summed E-state index contributed by atoms with van der Waals surface area (Å²) in [5.74, 6) is -0.187. The van der Waals surface area contributed by atoms with Crippen LogP contribution in [0.5, 0.6) is 0 Å². The quantitative estimate of drug-likeness (QED) is 0.702. The molecule has 3 nitrogen and oxygen atoms in total. The maximum atomic E-state index is 13.1. The van der Waals surface area contributed by atoms with Crippen LogP contribution in [0.25, 0.3) is 0 Å². The first-order valence-electron chi connectivity index (χ1n) is 5.98. The third-order valence-corrected chi connectivity index (χ3v) is 2.60. The lowest BCUT2D eigenvalue weighted by atomic mass is 10.2. The number of hydrogen-bond donors (Lipinski definition) is 1. The second-order valence-electron chi connectivity index (χ2n) is 3.80. The Morgan fingerprint density at radius 1 is 1.35 bits per heavy atom. The van der Waals surface area contributed by atoms with Gasteiger partial charge in [0, 0.05) is 39.0 Å². The number of methoxy groups -OCH3 is 1. The minimum atomic E-state index is -0.187. The topological polar surface area (TPSA) is 24.5 Å². The minimum Gasteiger partial charge on any atom is -0.383 e. The van der Waals surface area contributed by atoms with E-state index in [4.69, 9.17) is 4.74 Å². The first-order valence-corrected chi connectivity index (χ1v) is 5.98. The number of rotatable bonds is 8. The second kappa shape index (κ2) is 8.03. The Balaban J connectivity index is 2.38. The van der Waals surface area contributed by atoms with Crippen LogP contribution in [-0.4, -0.2) is 39.9 Å². The van der Waals surface area contributed by atoms with E-state index < -0.39 is 0 Å². The average molecular weight is 240 g/mol. The number of anilines is 1. The standard InChI is InChI=1S/C13H21FN2O/c1-3-16(9-7-15-8-10-17-2)13-6-4-5-12(14)11-13/h4-6,11,15H,3,7-10H2,1-2H3. The van der Waals surface area contributed by atoms with Crippen LogP contribution in [0.15, 0.2) is 24.3 Å². The second-order valence-corrected chi connectivity index (χ2v) is 3.80. The lowest BCUT2D eigenvalue weighted by molar-refractivity contribution is 0.200. The summed E-state index contributed by atoms with van der Waals surface area (Å²) in [6.07, 6.45) is 0. The fraction of sp³-hybridized carbons (Fsp3) is 0.538. The van der Waals surface area contributed by atoms with Crippen molar-refractivity contribution in [3.05, 3.63) is 30.1 Å². The molecule has 1 N–H and O–H groups in total. The maximum absolute atomic E-state index is 13.1. The first-order chi connectivity index (χ1) is 8.27. The van der Waals surface area contributed by atoms with Crippen molar-refractivity contribution in [2.45, 2.75) is 6.92 Å². The summed E-state index contributed by atoms with van der Waals surface area (Å²) in [6, 6.07) is 6.71. The zero-order chi connectivity index (χ0) is 12.5. The van der Waals surface area contributed by atoms with Gasteiger partial charge in [0.2, 0.25) is 0 Å². The van der Waals surface area contributed by atoms with E-state index in [2.05, 4.69) is 17.1 Å². The maximum Gasteiger partial charge on any atom is 0.125 e. The van der Waals surface area contributed by atoms with Crippen molar-refractivity contribution in [1.82, 2.24) is 5.32 Å². The third kappa shape index (κ3) is 5.15. The van der Waals surface area contributed by atoms with Gasteiger partial charge >= 0.3 is 0 Å². The van der Waals surface area contributed by atoms with Crippen molar-refractivity contribution in [2.24, 2.45) is 0 Å². The van der Waals surface area contributed by atoms with Crippen molar-refractivity contribution in [3.63, 3.8) is 0 Å². The predicted molar refractivity (Wildman–Crippen MR) is 69.0 cm³/mol. The number of hydrogen-bond acceptors (Lipinski definition) is 3. The van der Waals surface area contributed by atoms with E-state index in [0.29, 0.717) is 6.61 Å². The summed E-state index contributed by atoms with van der Waals surface area (Å²) >= 11 is 0. The van der Waals surface area contributed by atoms with E-state index in [0.717, 1.165) is 31.9 Å². The molecule has 96 valence electrons. The molecule has 1 aromatic carbocycles. The van der Waals surface area contributed by atoms with E-state index in [1.165, 1.54) is 6.07 Å². The first kappa shape index (κ1) is 13.9. The van der Waals surface area contributed by atoms with E-state index >= 15 is 0 Å². The summed E-state index contributed by atoms with van der Waals surface area (Å²) in [7, 11) is 1.69. The largest absolute Gasteiger partial charge is 0.383 e. The smallest absolute Gasteiger partial charge is 0.125 e. The molecule has 0 heterocycles. The molecular weight excluding hydrogens is 219 g/mol. The molecule has 0 fully saturated rings. The molecule has 0 aliphatic carbocycles. The van der Waals surface area contributed by atoms with Gasteiger partial charge in [-0.15, -0.1) is 0 Å². The molecule has 17 heavy (non-hydrogen) atoms. The molecule has 0 saturated heterocycles. The molecule has 0 aliphatic rings. The molecular formula is C13H21FN2O. The van der Waals surface area contributed by atoms with Crippen molar-refractivity contribution in [3.8, 4) is 0 Å². The zero-order valence-corrected chi connectivity index (χ0v) is 10.6. The molecule has 0 radical (unpaired) electrons. The van der Waals surface area contributed by atoms with E-state index in [1.807, 2.05) is 6.07 Å². The van der Waals surface area contributed by atoms with Gasteiger partial charge < -0.3 is 15.0 Å². The highest BCUT2D eigenvalue weighted by molar-refractivity contribution is 5.46. The summed E-state index contributed by atoms with van der Waals surface area (Å²) in [4.78, 5) is 2.14. The summed E-state index contributed by atoms with van der Waals surface area (Å²) in [6.45, 7) is 6.23. The fourth-order valence-electron chi connectivity index (χ4n) is 1.66. The van der Waals surface area contributed by atoms with E-state index in [1.54, 1.807) is 19.2 Å². The lowest BCUT2D eigenvalue weighted by Gasteiger charge is -2.23. The van der Waals surface area contributed by atoms with E-state index in [9.17, 15) is 4.39 Å². The Hall–Kier alpha value is -1.13. The van der Waals surface area contributed by atoms with Crippen LogP contribution >= 0.6 is 0 Å². The predicted octanol–water partition coefficient (Wildman–Crippen LogP) is 1.89. The van der Waals surface area contributed by atoms with Crippen LogP contribution in [0.3, 0.4) is 0 Å². The number of nitrogens with zero attached hydrogens (tertiary/aromatic N) is 1. The lowest BCUT2D eigenvalue weighted by Crippen LogP contribution is -2.33. The van der Waals surface area contributed by atoms with Gasteiger partial charge in [-0.2, -0.15) is 0 Å². The zero-order valence-electron chi connectivity index (χ0n) is 10.6. The Labute approximate surface area is 103 Å². The van der Waals surface area contributed by atoms with Crippen LogP contribution in [0.4, 0.5) is 10.1 Å². The summed E-state index contributed by atoms with van der Waals surface area (Å²) in [5, 5.41) is 3.28. The highest BCUT2D eigenvalue weighted by atomic mass is 19.1. The van der Waals surface area contributed by atoms with Crippen molar-refractivity contribution < 1.29 is 9.13 Å². The van der Waals surface area contributed by atoms with Gasteiger partial charge in [-0.1, -0.05) is 6.07 Å². The van der Waals surface area contributed by atoms with Gasteiger partial charge in [0.05, 0.1) is 6.61 Å². The summed E-state index contributed by atoms with van der Waals surface area (Å²) < 4.78 is 18.0. The van der Waals surface area contributed by atoms with E-state index in [-0.39, 0.29) is 5.82 Å². The normalized spacial score (nSPS) is 10.5. The molecule has 1 rings (SSSR count). The van der Waals surface area contributed by atoms with Gasteiger partial charge in [0.15, 0.2) is 0 Å². The van der Waals surface area contributed by atoms with Gasteiger partial charge in [0.25, 0.3) is 0 Å². The van der Waals surface area contributed by atoms with Crippen molar-refractivity contribution in [1.29, 1.82) is 0 Å². The van der Waals surface area contributed by atoms with Crippen LogP contribution < -0.4 is 10.2 Å². The molecule has 0 bridgehead atoms. The number of likely N-dealkylation sites (N-methyl/N-ethyl adjacent to an activating group) is 1. The molecule has 0 saturated carbocycles. The van der Waals surface area contributed by atoms with Crippen LogP contribution in [-0.2, 0) is 4.74 Å². The fourth-order valence-corrected chi connectivity index (χ4v) is 1.66. The van der Waals surface area contributed by atoms with Crippen LogP contribution in [0, 0.1) is 5.82 Å². The number of halogens is 1. The molecule has 0 spiro atoms. The molecule has 4 heteroatoms. The van der Waals surface area contributed by atoms with Crippen molar-refractivity contribution in [2.75, 3.05) is 44.8 Å². The monoisotopic (exact) mass is 240 g/mol. The Morgan fingerprint density at radius 3 is 2.82 bits per heavy atom. The highest BCUT2D eigenvalue weighted by Crippen LogP contribution is 2.14. The molecule has 0 aliphatic heterocycles. The summed E-state index contributed by atoms with van der Waals surface area (Å²) in [5.41, 5.74) is 0.932. The minimum absolute atomic E-state index is 0.187. The molecule has 0 unspecified atom stereocenters. The Bertz CT molecular complexity index is 320. The van der Waals surface area contributed by atoms with Crippen LogP contribution in [0.1, 0.15) is 6.92 Å². The number of ether oxygens (including phenoxy) is 1. The van der Waals surface area contributed by atoms with Gasteiger partial charge in [-0.3, -0.25) is 0 Å². The van der Waals surface area contributed by atoms with Gasteiger partial charge in [-0.05, 0) is 25.1 Å². The van der Waals surface area contributed by atoms with Crippen molar-refractivity contribution >= 4 is 5.69 Å². The number of benzene rings is 1. The van der Waals surface area contributed by atoms with Gasteiger partial charge in [-0.25, -0.2) is 4.39 Å². The highest BCUT2D eigenvalue weighted by Gasteiger charge is 2.04. The molecule has 0 atom stereocenters. The Kier molecular flexibility index (Phi) is 6.58. The molecule has 0 aromatic heterocycles. The number of nitrogens with one attached hydrogen (secondary N) is 1. The third-order valence-electron chi connectivity index (χ3n) is 2.60. The molecule has 1 aromatic rings. The Morgan fingerprint density at radius 2 is 2.18 bits per heavy atom. The average Bonchev–Trinajstić information content (AvgIpc) is 2.34.